The van der Waals surface area contributed by atoms with Crippen LogP contribution in [0, 0.1) is 17.0 Å². The van der Waals surface area contributed by atoms with E-state index in [1.54, 1.807) is 30.3 Å². The van der Waals surface area contributed by atoms with E-state index in [1.165, 1.54) is 11.8 Å². The second kappa shape index (κ2) is 9.31. The highest BCUT2D eigenvalue weighted by Gasteiger charge is 2.61. The largest absolute Gasteiger partial charge is 0.381 e. The van der Waals surface area contributed by atoms with Crippen LogP contribution < -0.4 is 4.72 Å². The first kappa shape index (κ1) is 24.7. The molecule has 4 rings (SSSR count). The summed E-state index contributed by atoms with van der Waals surface area (Å²) in [5.74, 6) is -2.45. The van der Waals surface area contributed by atoms with E-state index in [0.29, 0.717) is 18.4 Å². The first-order chi connectivity index (χ1) is 16.1. The van der Waals surface area contributed by atoms with Crippen LogP contribution in [0.5, 0.6) is 0 Å². The lowest BCUT2D eigenvalue weighted by molar-refractivity contribution is -0.142. The second-order valence-electron chi connectivity index (χ2n) is 9.06. The van der Waals surface area contributed by atoms with Gasteiger partial charge in [0, 0.05) is 23.6 Å². The molecule has 6 nitrogen and oxygen atoms in total. The van der Waals surface area contributed by atoms with Gasteiger partial charge >= 0.3 is 0 Å². The van der Waals surface area contributed by atoms with Gasteiger partial charge in [0.25, 0.3) is 5.91 Å². The Balaban J connectivity index is 1.76. The first-order valence-corrected chi connectivity index (χ1v) is 12.8. The maximum Gasteiger partial charge on any atom is 0.254 e. The molecule has 3 atom stereocenters. The van der Waals surface area contributed by atoms with E-state index in [0.717, 1.165) is 12.1 Å². The summed E-state index contributed by atoms with van der Waals surface area (Å²) in [5, 5.41) is 9.88. The Labute approximate surface area is 196 Å². The topological polar surface area (TPSA) is 86.7 Å². The Bertz CT molecular complexity index is 1170. The minimum Gasteiger partial charge on any atom is -0.381 e. The predicted octanol–water partition coefficient (Wildman–Crippen LogP) is 2.80. The lowest BCUT2D eigenvalue weighted by atomic mass is 9.91. The fourth-order valence-corrected chi connectivity index (χ4v) is 5.79. The summed E-state index contributed by atoms with van der Waals surface area (Å²) in [5.41, 5.74) is -0.100. The fourth-order valence-electron chi connectivity index (χ4n) is 4.83. The molecule has 1 amide bonds. The van der Waals surface area contributed by atoms with E-state index in [1.807, 2.05) is 0 Å². The molecule has 2 aliphatic rings. The molecule has 1 unspecified atom stereocenters. The quantitative estimate of drug-likeness (QED) is 0.589. The van der Waals surface area contributed by atoms with E-state index < -0.39 is 57.8 Å². The summed E-state index contributed by atoms with van der Waals surface area (Å²) < 4.78 is 70.7. The van der Waals surface area contributed by atoms with Crippen LogP contribution in [-0.2, 0) is 21.2 Å². The van der Waals surface area contributed by atoms with Crippen molar-refractivity contribution in [2.45, 2.75) is 44.4 Å². The average molecular weight is 497 g/mol. The molecule has 1 aliphatic heterocycles. The average Bonchev–Trinajstić information content (AvgIpc) is 3.56. The molecule has 1 saturated carbocycles. The number of carbonyl (C=O) groups excluding carboxylic acids is 1. The Hall–Kier alpha value is -2.43. The Morgan fingerprint density at radius 2 is 1.91 bits per heavy atom. The van der Waals surface area contributed by atoms with Crippen LogP contribution in [0.4, 0.5) is 13.2 Å². The molecule has 1 heterocycles. The number of carbonyl (C=O) groups is 1. The zero-order chi connectivity index (χ0) is 24.7. The van der Waals surface area contributed by atoms with Crippen LogP contribution in [0.3, 0.4) is 0 Å². The van der Waals surface area contributed by atoms with Gasteiger partial charge in [-0.1, -0.05) is 30.3 Å². The maximum atomic E-state index is 15.6. The van der Waals surface area contributed by atoms with Crippen molar-refractivity contribution in [2.75, 3.05) is 19.0 Å². The van der Waals surface area contributed by atoms with E-state index >= 15 is 4.39 Å². The summed E-state index contributed by atoms with van der Waals surface area (Å²) in [4.78, 5) is 14.0. The number of hydrogen-bond acceptors (Lipinski definition) is 4. The van der Waals surface area contributed by atoms with Gasteiger partial charge in [0.15, 0.2) is 6.10 Å². The van der Waals surface area contributed by atoms with E-state index in [4.69, 9.17) is 0 Å². The van der Waals surface area contributed by atoms with Gasteiger partial charge in [-0.2, -0.15) is 0 Å². The molecule has 0 radical (unpaired) electrons. The van der Waals surface area contributed by atoms with Crippen molar-refractivity contribution >= 4 is 15.9 Å². The number of aliphatic hydroxyl groups excluding tert-OH is 1. The molecular weight excluding hydrogens is 469 g/mol. The molecule has 10 heteroatoms. The predicted molar refractivity (Wildman–Crippen MR) is 121 cm³/mol. The smallest absolute Gasteiger partial charge is 0.254 e. The number of sulfonamides is 1. The van der Waals surface area contributed by atoms with Crippen LogP contribution in [0.15, 0.2) is 42.5 Å². The van der Waals surface area contributed by atoms with Gasteiger partial charge in [0.05, 0.1) is 11.8 Å². The monoisotopic (exact) mass is 496 g/mol. The van der Waals surface area contributed by atoms with Crippen molar-refractivity contribution in [3.05, 3.63) is 59.7 Å². The summed E-state index contributed by atoms with van der Waals surface area (Å²) in [6.45, 7) is 0.278. The van der Waals surface area contributed by atoms with Gasteiger partial charge in [-0.15, -0.1) is 0 Å². The number of amides is 1. The molecular formula is C24H27F3N2O4S. The van der Waals surface area contributed by atoms with Crippen LogP contribution in [0.1, 0.15) is 25.3 Å². The molecule has 34 heavy (non-hydrogen) atoms. The lowest BCUT2D eigenvalue weighted by Gasteiger charge is -2.30. The highest BCUT2D eigenvalue weighted by molar-refractivity contribution is 7.89. The highest BCUT2D eigenvalue weighted by Crippen LogP contribution is 2.55. The van der Waals surface area contributed by atoms with Crippen LogP contribution in [0.2, 0.25) is 0 Å². The number of rotatable bonds is 8. The minimum absolute atomic E-state index is 0.0326. The van der Waals surface area contributed by atoms with E-state index in [2.05, 4.69) is 4.72 Å². The summed E-state index contributed by atoms with van der Waals surface area (Å²) >= 11 is 0. The number of nitrogens with zero attached hydrogens (tertiary/aromatic N) is 1. The highest BCUT2D eigenvalue weighted by atomic mass is 32.2. The SMILES string of the molecule is CCS(=O)(=O)N[C@@H]1[C@H](Cc2cc(F)cc(-c3ccccc3)c2F)N(C(=O)C(O)CF)CC12CC2. The number of benzene rings is 2. The van der Waals surface area contributed by atoms with Crippen LogP contribution in [0.25, 0.3) is 11.1 Å². The Morgan fingerprint density at radius 3 is 2.50 bits per heavy atom. The number of likely N-dealkylation sites (tertiary alicyclic amines) is 1. The van der Waals surface area contributed by atoms with Gasteiger partial charge in [0.2, 0.25) is 10.0 Å². The van der Waals surface area contributed by atoms with Crippen molar-refractivity contribution in [3.63, 3.8) is 0 Å². The van der Waals surface area contributed by atoms with E-state index in [-0.39, 0.29) is 29.8 Å². The van der Waals surface area contributed by atoms with Gasteiger partial charge in [0.1, 0.15) is 18.3 Å². The number of alkyl halides is 1. The standard InChI is InChI=1S/C24H27F3N2O4S/c1-2-34(32,33)28-22-19(29(14-24(22)8-9-24)23(31)20(30)13-25)11-16-10-17(26)12-18(21(16)27)15-6-4-3-5-7-15/h3-7,10,12,19-20,22,28,30H,2,8-9,11,13-14H2,1H3/t19-,20?,22+/m0/s1. The summed E-state index contributed by atoms with van der Waals surface area (Å²) in [7, 11) is -3.70. The third-order valence-electron chi connectivity index (χ3n) is 6.85. The van der Waals surface area contributed by atoms with Gasteiger partial charge in [-0.25, -0.2) is 26.3 Å². The van der Waals surface area contributed by atoms with Crippen molar-refractivity contribution in [2.24, 2.45) is 5.41 Å². The van der Waals surface area contributed by atoms with Crippen LogP contribution >= 0.6 is 0 Å². The Kier molecular flexibility index (Phi) is 6.76. The zero-order valence-corrected chi connectivity index (χ0v) is 19.5. The molecule has 1 saturated heterocycles. The third-order valence-corrected chi connectivity index (χ3v) is 8.22. The molecule has 2 aromatic carbocycles. The number of nitrogens with one attached hydrogen (secondary N) is 1. The van der Waals surface area contributed by atoms with Crippen molar-refractivity contribution in [1.82, 2.24) is 9.62 Å². The molecule has 0 aromatic heterocycles. The first-order valence-electron chi connectivity index (χ1n) is 11.2. The molecule has 2 N–H and O–H groups in total. The lowest BCUT2D eigenvalue weighted by Crippen LogP contribution is -2.51. The molecule has 184 valence electrons. The normalized spacial score (nSPS) is 22.2. The Morgan fingerprint density at radius 1 is 1.24 bits per heavy atom. The van der Waals surface area contributed by atoms with Gasteiger partial charge in [-0.3, -0.25) is 4.79 Å². The summed E-state index contributed by atoms with van der Waals surface area (Å²) in [6, 6.07) is 8.85. The number of aliphatic hydroxyl groups is 1. The molecule has 1 aliphatic carbocycles. The minimum atomic E-state index is -3.70. The van der Waals surface area contributed by atoms with Gasteiger partial charge in [-0.05, 0) is 49.4 Å². The zero-order valence-electron chi connectivity index (χ0n) is 18.7. The fraction of sp³-hybridized carbons (Fsp3) is 0.458. The third kappa shape index (κ3) is 4.71. The van der Waals surface area contributed by atoms with Crippen LogP contribution in [-0.4, -0.2) is 61.5 Å². The summed E-state index contributed by atoms with van der Waals surface area (Å²) in [6.07, 6.45) is -0.863. The van der Waals surface area contributed by atoms with Crippen molar-refractivity contribution in [1.29, 1.82) is 0 Å². The van der Waals surface area contributed by atoms with Crippen molar-refractivity contribution in [3.8, 4) is 11.1 Å². The molecule has 2 fully saturated rings. The van der Waals surface area contributed by atoms with Crippen molar-refractivity contribution < 1.29 is 31.5 Å². The van der Waals surface area contributed by atoms with E-state index in [9.17, 15) is 27.1 Å². The maximum absolute atomic E-state index is 15.6. The number of hydrogen-bond donors (Lipinski definition) is 2. The molecule has 0 bridgehead atoms. The van der Waals surface area contributed by atoms with Gasteiger partial charge < -0.3 is 10.0 Å². The number of halogens is 3. The second-order valence-corrected chi connectivity index (χ2v) is 11.1. The molecule has 2 aromatic rings. The molecule has 1 spiro atoms.